The maximum absolute atomic E-state index is 2.36. The Hall–Kier alpha value is 0.517. The first-order valence-electron chi connectivity index (χ1n) is 4.29. The molecule has 0 rings (SSSR count). The van der Waals surface area contributed by atoms with Gasteiger partial charge in [-0.25, -0.2) is 10.0 Å². The predicted molar refractivity (Wildman–Crippen MR) is 53.0 cm³/mol. The van der Waals surface area contributed by atoms with Crippen molar-refractivity contribution >= 4 is 18.9 Å². The van der Waals surface area contributed by atoms with Crippen molar-refractivity contribution in [3.8, 4) is 0 Å². The molecule has 0 amide bonds. The fourth-order valence-corrected chi connectivity index (χ4v) is 1.25. The van der Waals surface area contributed by atoms with E-state index in [0.717, 1.165) is 26.2 Å². The van der Waals surface area contributed by atoms with E-state index in [1.807, 2.05) is 0 Å². The monoisotopic (exact) mass is 152 g/mol. The van der Waals surface area contributed by atoms with Gasteiger partial charge in [-0.2, -0.15) is 0 Å². The van der Waals surface area contributed by atoms with Gasteiger partial charge in [0.25, 0.3) is 0 Å². The summed E-state index contributed by atoms with van der Waals surface area (Å²) in [6.07, 6.45) is 0. The SMILES string of the molecule is CCN(CC)N(CC)CC.[LiH]. The summed E-state index contributed by atoms with van der Waals surface area (Å²) in [6, 6.07) is 0. The predicted octanol–water partition coefficient (Wildman–Crippen LogP) is 0.937. The van der Waals surface area contributed by atoms with Gasteiger partial charge < -0.3 is 0 Å². The number of rotatable bonds is 5. The molecule has 0 bridgehead atoms. The molecule has 0 fully saturated rings. The summed E-state index contributed by atoms with van der Waals surface area (Å²) in [6.45, 7) is 13.3. The molecule has 0 aliphatic heterocycles. The molecule has 0 atom stereocenters. The second kappa shape index (κ2) is 8.61. The molecule has 3 heteroatoms. The van der Waals surface area contributed by atoms with Gasteiger partial charge in [-0.1, -0.05) is 27.7 Å². The summed E-state index contributed by atoms with van der Waals surface area (Å²) in [4.78, 5) is 0. The molecule has 64 valence electrons. The van der Waals surface area contributed by atoms with Crippen LogP contribution in [0, 0.1) is 0 Å². The topological polar surface area (TPSA) is 6.48 Å². The zero-order chi connectivity index (χ0) is 7.98. The van der Waals surface area contributed by atoms with Crippen LogP contribution in [0.5, 0.6) is 0 Å². The molecule has 0 aromatic heterocycles. The Kier molecular flexibility index (Phi) is 11.0. The van der Waals surface area contributed by atoms with Crippen LogP contribution in [0.1, 0.15) is 27.7 Å². The van der Waals surface area contributed by atoms with Crippen molar-refractivity contribution < 1.29 is 0 Å². The van der Waals surface area contributed by atoms with Crippen molar-refractivity contribution in [1.29, 1.82) is 0 Å². The molecule has 11 heavy (non-hydrogen) atoms. The first-order chi connectivity index (χ1) is 4.79. The molecule has 0 radical (unpaired) electrons. The Morgan fingerprint density at radius 3 is 0.909 bits per heavy atom. The minimum atomic E-state index is 0. The first-order valence-corrected chi connectivity index (χ1v) is 4.29. The van der Waals surface area contributed by atoms with Gasteiger partial charge in [-0.3, -0.25) is 0 Å². The summed E-state index contributed by atoms with van der Waals surface area (Å²) >= 11 is 0. The standard InChI is InChI=1S/C8H20N2.Li.H/c1-5-9(6-2)10(7-3)8-4;;/h5-8H2,1-4H3;;. The van der Waals surface area contributed by atoms with Gasteiger partial charge in [0.05, 0.1) is 0 Å². The van der Waals surface area contributed by atoms with Crippen LogP contribution in [-0.2, 0) is 0 Å². The second-order valence-electron chi connectivity index (χ2n) is 2.28. The van der Waals surface area contributed by atoms with Crippen molar-refractivity contribution in [2.45, 2.75) is 27.7 Å². The Morgan fingerprint density at radius 1 is 0.636 bits per heavy atom. The molecule has 0 aliphatic carbocycles. The average Bonchev–Trinajstić information content (AvgIpc) is 2.00. The van der Waals surface area contributed by atoms with Crippen molar-refractivity contribution in [1.82, 2.24) is 10.0 Å². The number of hydrogen-bond donors (Lipinski definition) is 0. The first kappa shape index (κ1) is 14.1. The molecule has 0 heterocycles. The minimum absolute atomic E-state index is 0. The van der Waals surface area contributed by atoms with Gasteiger partial charge in [0, 0.05) is 26.2 Å². The third-order valence-electron chi connectivity index (χ3n) is 1.86. The third kappa shape index (κ3) is 4.87. The van der Waals surface area contributed by atoms with Gasteiger partial charge >= 0.3 is 18.9 Å². The molecule has 0 saturated carbocycles. The molecule has 0 spiro atoms. The van der Waals surface area contributed by atoms with E-state index in [2.05, 4.69) is 37.7 Å². The number of nitrogens with zero attached hydrogens (tertiary/aromatic N) is 2. The molecule has 0 aromatic carbocycles. The second-order valence-corrected chi connectivity index (χ2v) is 2.28. The number of hydrazine groups is 1. The van der Waals surface area contributed by atoms with Crippen molar-refractivity contribution in [3.63, 3.8) is 0 Å². The van der Waals surface area contributed by atoms with E-state index in [1.54, 1.807) is 0 Å². The normalized spacial score (nSPS) is 10.4. The Bertz CT molecular complexity index is 60.5. The van der Waals surface area contributed by atoms with Crippen molar-refractivity contribution in [2.24, 2.45) is 0 Å². The molecular weight excluding hydrogens is 131 g/mol. The van der Waals surface area contributed by atoms with Crippen LogP contribution in [0.25, 0.3) is 0 Å². The third-order valence-corrected chi connectivity index (χ3v) is 1.86. The van der Waals surface area contributed by atoms with E-state index in [9.17, 15) is 0 Å². The van der Waals surface area contributed by atoms with Crippen LogP contribution in [0.4, 0.5) is 0 Å². The maximum atomic E-state index is 2.36. The van der Waals surface area contributed by atoms with Crippen molar-refractivity contribution in [2.75, 3.05) is 26.2 Å². The van der Waals surface area contributed by atoms with E-state index < -0.39 is 0 Å². The molecule has 0 N–H and O–H groups in total. The average molecular weight is 152 g/mol. The van der Waals surface area contributed by atoms with Crippen LogP contribution >= 0.6 is 0 Å². The van der Waals surface area contributed by atoms with E-state index in [0.29, 0.717) is 0 Å². The Balaban J connectivity index is 0. The molecule has 2 nitrogen and oxygen atoms in total. The van der Waals surface area contributed by atoms with Gasteiger partial charge in [-0.15, -0.1) is 0 Å². The van der Waals surface area contributed by atoms with E-state index in [-0.39, 0.29) is 18.9 Å². The zero-order valence-electron chi connectivity index (χ0n) is 7.72. The van der Waals surface area contributed by atoms with Crippen molar-refractivity contribution in [3.05, 3.63) is 0 Å². The quantitative estimate of drug-likeness (QED) is 0.427. The molecule has 0 aliphatic rings. The summed E-state index contributed by atoms with van der Waals surface area (Å²) in [5.41, 5.74) is 0. The van der Waals surface area contributed by atoms with Crippen LogP contribution in [-0.4, -0.2) is 55.1 Å². The molecule has 0 saturated heterocycles. The summed E-state index contributed by atoms with van der Waals surface area (Å²) in [5.74, 6) is 0. The fourth-order valence-electron chi connectivity index (χ4n) is 1.25. The van der Waals surface area contributed by atoms with Gasteiger partial charge in [0.1, 0.15) is 0 Å². The summed E-state index contributed by atoms with van der Waals surface area (Å²) in [5, 5.41) is 4.72. The van der Waals surface area contributed by atoms with Gasteiger partial charge in [0.2, 0.25) is 0 Å². The molecule has 0 unspecified atom stereocenters. The van der Waals surface area contributed by atoms with Crippen LogP contribution in [0.2, 0.25) is 0 Å². The zero-order valence-corrected chi connectivity index (χ0v) is 7.72. The van der Waals surface area contributed by atoms with E-state index >= 15 is 0 Å². The van der Waals surface area contributed by atoms with E-state index in [4.69, 9.17) is 0 Å². The van der Waals surface area contributed by atoms with Crippen LogP contribution in [0.3, 0.4) is 0 Å². The van der Waals surface area contributed by atoms with Crippen LogP contribution in [0.15, 0.2) is 0 Å². The van der Waals surface area contributed by atoms with E-state index in [1.165, 1.54) is 0 Å². The van der Waals surface area contributed by atoms with Gasteiger partial charge in [0.15, 0.2) is 0 Å². The summed E-state index contributed by atoms with van der Waals surface area (Å²) in [7, 11) is 0. The summed E-state index contributed by atoms with van der Waals surface area (Å²) < 4.78 is 0. The molecular formula is C8H21LiN2. The Morgan fingerprint density at radius 2 is 0.818 bits per heavy atom. The molecule has 0 aromatic rings. The van der Waals surface area contributed by atoms with Gasteiger partial charge in [-0.05, 0) is 0 Å². The fraction of sp³-hybridized carbons (Fsp3) is 1.00. The Labute approximate surface area is 83.1 Å². The number of hydrogen-bond acceptors (Lipinski definition) is 2. The van der Waals surface area contributed by atoms with Crippen LogP contribution < -0.4 is 0 Å².